The fourth-order valence-corrected chi connectivity index (χ4v) is 3.48. The van der Waals surface area contributed by atoms with Crippen LogP contribution in [0, 0.1) is 0 Å². The molecule has 0 aromatic rings. The van der Waals surface area contributed by atoms with E-state index in [0.29, 0.717) is 6.04 Å². The SMILES string of the molecule is COCCC(C)N=C1NC2(CCOCC2)CS1. The maximum absolute atomic E-state index is 5.42. The molecule has 98 valence electrons. The number of ether oxygens (including phenoxy) is 2. The molecule has 0 aromatic carbocycles. The number of hydrogen-bond donors (Lipinski definition) is 1. The molecule has 2 heterocycles. The molecule has 2 aliphatic rings. The number of methoxy groups -OCH3 is 1. The highest BCUT2D eigenvalue weighted by Gasteiger charge is 2.38. The number of aliphatic imine (C=N–C) groups is 1. The van der Waals surface area contributed by atoms with Gasteiger partial charge in [-0.2, -0.15) is 0 Å². The van der Waals surface area contributed by atoms with Crippen molar-refractivity contribution in [3.63, 3.8) is 0 Å². The predicted octanol–water partition coefficient (Wildman–Crippen LogP) is 1.65. The van der Waals surface area contributed by atoms with E-state index in [1.165, 1.54) is 0 Å². The Morgan fingerprint density at radius 1 is 1.53 bits per heavy atom. The molecule has 1 spiro atoms. The Morgan fingerprint density at radius 2 is 2.29 bits per heavy atom. The van der Waals surface area contributed by atoms with Crippen molar-refractivity contribution in [1.29, 1.82) is 0 Å². The summed E-state index contributed by atoms with van der Waals surface area (Å²) in [5.41, 5.74) is 0.253. The Kier molecular flexibility index (Phi) is 4.70. The van der Waals surface area contributed by atoms with Crippen molar-refractivity contribution in [2.45, 2.75) is 37.8 Å². The van der Waals surface area contributed by atoms with Crippen LogP contribution in [0.2, 0.25) is 0 Å². The third-order valence-corrected chi connectivity index (χ3v) is 4.56. The van der Waals surface area contributed by atoms with E-state index in [9.17, 15) is 0 Å². The monoisotopic (exact) mass is 258 g/mol. The summed E-state index contributed by atoms with van der Waals surface area (Å²) in [4.78, 5) is 4.71. The Balaban J connectivity index is 1.85. The van der Waals surface area contributed by atoms with Crippen molar-refractivity contribution in [2.24, 2.45) is 4.99 Å². The number of amidine groups is 1. The molecule has 0 amide bonds. The number of rotatable bonds is 4. The second-order valence-electron chi connectivity index (χ2n) is 4.87. The minimum atomic E-state index is 0.253. The standard InChI is InChI=1S/C12H22N2O2S/c1-10(3-6-15-2)13-11-14-12(9-17-11)4-7-16-8-5-12/h10H,3-9H2,1-2H3,(H,13,14). The van der Waals surface area contributed by atoms with E-state index in [1.54, 1.807) is 7.11 Å². The number of hydrogen-bond acceptors (Lipinski definition) is 4. The molecule has 4 nitrogen and oxygen atoms in total. The van der Waals surface area contributed by atoms with Crippen molar-refractivity contribution in [2.75, 3.05) is 32.7 Å². The van der Waals surface area contributed by atoms with E-state index in [2.05, 4.69) is 12.2 Å². The number of thioether (sulfide) groups is 1. The highest BCUT2D eigenvalue weighted by atomic mass is 32.2. The lowest BCUT2D eigenvalue weighted by molar-refractivity contribution is 0.0555. The number of nitrogens with zero attached hydrogens (tertiary/aromatic N) is 1. The average Bonchev–Trinajstić information content (AvgIpc) is 2.70. The van der Waals surface area contributed by atoms with E-state index in [0.717, 1.165) is 50.0 Å². The predicted molar refractivity (Wildman–Crippen MR) is 71.8 cm³/mol. The zero-order valence-electron chi connectivity index (χ0n) is 10.7. The Hall–Kier alpha value is -0.260. The molecule has 2 saturated heterocycles. The van der Waals surface area contributed by atoms with Crippen LogP contribution in [-0.2, 0) is 9.47 Å². The fraction of sp³-hybridized carbons (Fsp3) is 0.917. The molecule has 1 N–H and O–H groups in total. The summed E-state index contributed by atoms with van der Waals surface area (Å²) >= 11 is 1.85. The first-order valence-corrected chi connectivity index (χ1v) is 7.28. The molecule has 5 heteroatoms. The molecule has 0 saturated carbocycles. The van der Waals surface area contributed by atoms with Gasteiger partial charge in [-0.3, -0.25) is 4.99 Å². The molecule has 0 bridgehead atoms. The van der Waals surface area contributed by atoms with Gasteiger partial charge in [-0.1, -0.05) is 11.8 Å². The van der Waals surface area contributed by atoms with E-state index >= 15 is 0 Å². The maximum atomic E-state index is 5.42. The van der Waals surface area contributed by atoms with Gasteiger partial charge in [0.15, 0.2) is 5.17 Å². The number of nitrogens with one attached hydrogen (secondary N) is 1. The Morgan fingerprint density at radius 3 is 3.00 bits per heavy atom. The van der Waals surface area contributed by atoms with Crippen molar-refractivity contribution >= 4 is 16.9 Å². The highest BCUT2D eigenvalue weighted by Crippen LogP contribution is 2.31. The summed E-state index contributed by atoms with van der Waals surface area (Å²) < 4.78 is 10.5. The summed E-state index contributed by atoms with van der Waals surface area (Å²) in [6.45, 7) is 4.67. The first-order chi connectivity index (χ1) is 8.24. The second-order valence-corrected chi connectivity index (χ2v) is 5.84. The first-order valence-electron chi connectivity index (χ1n) is 6.30. The van der Waals surface area contributed by atoms with Crippen molar-refractivity contribution in [1.82, 2.24) is 5.32 Å². The van der Waals surface area contributed by atoms with Crippen LogP contribution < -0.4 is 5.32 Å². The quantitative estimate of drug-likeness (QED) is 0.832. The lowest BCUT2D eigenvalue weighted by atomic mass is 9.93. The zero-order valence-corrected chi connectivity index (χ0v) is 11.5. The Labute approximate surface area is 108 Å². The van der Waals surface area contributed by atoms with Crippen LogP contribution >= 0.6 is 11.8 Å². The van der Waals surface area contributed by atoms with Gasteiger partial charge in [-0.15, -0.1) is 0 Å². The average molecular weight is 258 g/mol. The second kappa shape index (κ2) is 6.07. The summed E-state index contributed by atoms with van der Waals surface area (Å²) in [5, 5.41) is 4.71. The van der Waals surface area contributed by atoms with Crippen molar-refractivity contribution < 1.29 is 9.47 Å². The van der Waals surface area contributed by atoms with E-state index in [1.807, 2.05) is 11.8 Å². The van der Waals surface area contributed by atoms with Crippen LogP contribution in [0.4, 0.5) is 0 Å². The van der Waals surface area contributed by atoms with Gasteiger partial charge in [0.25, 0.3) is 0 Å². The largest absolute Gasteiger partial charge is 0.385 e. The van der Waals surface area contributed by atoms with Gasteiger partial charge in [0.1, 0.15) is 0 Å². The van der Waals surface area contributed by atoms with E-state index < -0.39 is 0 Å². The van der Waals surface area contributed by atoms with E-state index in [4.69, 9.17) is 14.5 Å². The van der Waals surface area contributed by atoms with E-state index in [-0.39, 0.29) is 5.54 Å². The molecule has 17 heavy (non-hydrogen) atoms. The van der Waals surface area contributed by atoms with Crippen LogP contribution in [0.25, 0.3) is 0 Å². The maximum Gasteiger partial charge on any atom is 0.157 e. The Bertz CT molecular complexity index is 278. The smallest absolute Gasteiger partial charge is 0.157 e. The third kappa shape index (κ3) is 3.60. The summed E-state index contributed by atoms with van der Waals surface area (Å²) in [7, 11) is 1.74. The minimum absolute atomic E-state index is 0.253. The summed E-state index contributed by atoms with van der Waals surface area (Å²) in [6, 6.07) is 0.333. The fourth-order valence-electron chi connectivity index (χ4n) is 2.16. The van der Waals surface area contributed by atoms with Crippen LogP contribution in [0.15, 0.2) is 4.99 Å². The summed E-state index contributed by atoms with van der Waals surface area (Å²) in [6.07, 6.45) is 3.19. The summed E-state index contributed by atoms with van der Waals surface area (Å²) in [5.74, 6) is 1.13. The van der Waals surface area contributed by atoms with Gasteiger partial charge >= 0.3 is 0 Å². The van der Waals surface area contributed by atoms with Gasteiger partial charge in [0.05, 0.1) is 11.6 Å². The topological polar surface area (TPSA) is 42.8 Å². The van der Waals surface area contributed by atoms with Gasteiger partial charge in [-0.25, -0.2) is 0 Å². The van der Waals surface area contributed by atoms with Gasteiger partial charge in [-0.05, 0) is 26.2 Å². The molecule has 0 radical (unpaired) electrons. The third-order valence-electron chi connectivity index (χ3n) is 3.38. The normalized spacial score (nSPS) is 27.3. The van der Waals surface area contributed by atoms with Gasteiger partial charge in [0.2, 0.25) is 0 Å². The molecular formula is C12H22N2O2S. The van der Waals surface area contributed by atoms with Crippen LogP contribution in [-0.4, -0.2) is 49.4 Å². The molecule has 2 fully saturated rings. The zero-order chi connectivity index (χ0) is 12.1. The molecule has 2 aliphatic heterocycles. The van der Waals surface area contributed by atoms with Crippen LogP contribution in [0.1, 0.15) is 26.2 Å². The lowest BCUT2D eigenvalue weighted by Gasteiger charge is -2.32. The first kappa shape index (κ1) is 13.2. The highest BCUT2D eigenvalue weighted by molar-refractivity contribution is 8.14. The molecule has 2 rings (SSSR count). The van der Waals surface area contributed by atoms with Crippen molar-refractivity contribution in [3.8, 4) is 0 Å². The lowest BCUT2D eigenvalue weighted by Crippen LogP contribution is -2.48. The molecular weight excluding hydrogens is 236 g/mol. The molecule has 0 aliphatic carbocycles. The molecule has 0 aromatic heterocycles. The van der Waals surface area contributed by atoms with Gasteiger partial charge in [0, 0.05) is 32.7 Å². The molecule has 1 atom stereocenters. The van der Waals surface area contributed by atoms with Gasteiger partial charge < -0.3 is 14.8 Å². The van der Waals surface area contributed by atoms with Crippen molar-refractivity contribution in [3.05, 3.63) is 0 Å². The minimum Gasteiger partial charge on any atom is -0.385 e. The molecule has 1 unspecified atom stereocenters. The van der Waals surface area contributed by atoms with Crippen LogP contribution in [0.3, 0.4) is 0 Å². The van der Waals surface area contributed by atoms with Crippen LogP contribution in [0.5, 0.6) is 0 Å².